The number of aromatic hydroxyl groups is 1. The Morgan fingerprint density at radius 3 is 2.82 bits per heavy atom. The second kappa shape index (κ2) is 2.40. The Labute approximate surface area is 72.9 Å². The van der Waals surface area contributed by atoms with Crippen LogP contribution in [0.5, 0.6) is 5.75 Å². The van der Waals surface area contributed by atoms with Crippen molar-refractivity contribution in [1.29, 1.82) is 0 Å². The summed E-state index contributed by atoms with van der Waals surface area (Å²) in [5.41, 5.74) is 0. The first-order valence-electron chi connectivity index (χ1n) is 3.14. The number of phenolic OH excluding ortho intramolecular Hbond substituents is 1. The predicted molar refractivity (Wildman–Crippen MR) is 48.5 cm³/mol. The molecule has 3 heteroatoms. The van der Waals surface area contributed by atoms with Crippen LogP contribution in [0.3, 0.4) is 0 Å². The number of hydrogen-bond acceptors (Lipinski definition) is 2. The lowest BCUT2D eigenvalue weighted by molar-refractivity contribution is 0.482. The summed E-state index contributed by atoms with van der Waals surface area (Å²) in [5, 5.41) is 12.9. The van der Waals surface area contributed by atoms with Crippen LogP contribution in [-0.2, 0) is 0 Å². The Hall–Kier alpha value is -0.730. The summed E-state index contributed by atoms with van der Waals surface area (Å²) in [6, 6.07) is 5.22. The highest BCUT2D eigenvalue weighted by Crippen LogP contribution is 2.34. The van der Waals surface area contributed by atoms with Gasteiger partial charge in [-0.15, -0.1) is 11.3 Å². The van der Waals surface area contributed by atoms with Crippen LogP contribution in [-0.4, -0.2) is 5.11 Å². The number of fused-ring (bicyclic) bond motifs is 1. The Bertz CT molecular complexity index is 358. The maximum Gasteiger partial charge on any atom is 0.133 e. The number of thiophene rings is 1. The van der Waals surface area contributed by atoms with E-state index in [1.54, 1.807) is 12.1 Å². The molecule has 2 rings (SSSR count). The van der Waals surface area contributed by atoms with Crippen LogP contribution in [0.1, 0.15) is 0 Å². The van der Waals surface area contributed by atoms with Gasteiger partial charge < -0.3 is 5.11 Å². The van der Waals surface area contributed by atoms with Gasteiger partial charge in [0.2, 0.25) is 0 Å². The van der Waals surface area contributed by atoms with Crippen LogP contribution in [0.15, 0.2) is 23.6 Å². The molecule has 0 saturated carbocycles. The molecule has 1 heterocycles. The van der Waals surface area contributed by atoms with E-state index in [4.69, 9.17) is 11.6 Å². The highest BCUT2D eigenvalue weighted by molar-refractivity contribution is 7.17. The van der Waals surface area contributed by atoms with Crippen molar-refractivity contribution in [1.82, 2.24) is 0 Å². The van der Waals surface area contributed by atoms with Gasteiger partial charge in [-0.3, -0.25) is 0 Å². The number of phenols is 1. The molecular weight excluding hydrogens is 180 g/mol. The third-order valence-corrected chi connectivity index (χ3v) is 2.81. The fraction of sp³-hybridized carbons (Fsp3) is 0. The molecule has 0 spiro atoms. The predicted octanol–water partition coefficient (Wildman–Crippen LogP) is 3.26. The fourth-order valence-corrected chi connectivity index (χ4v) is 2.12. The van der Waals surface area contributed by atoms with E-state index in [1.807, 2.05) is 11.4 Å². The van der Waals surface area contributed by atoms with Gasteiger partial charge in [0.05, 0.1) is 4.70 Å². The van der Waals surface area contributed by atoms with Crippen molar-refractivity contribution in [2.45, 2.75) is 0 Å². The first-order valence-corrected chi connectivity index (χ1v) is 4.39. The van der Waals surface area contributed by atoms with Crippen molar-refractivity contribution in [3.63, 3.8) is 0 Å². The van der Waals surface area contributed by atoms with Crippen LogP contribution in [0.25, 0.3) is 10.1 Å². The lowest BCUT2D eigenvalue weighted by Crippen LogP contribution is -1.66. The van der Waals surface area contributed by atoms with E-state index >= 15 is 0 Å². The smallest absolute Gasteiger partial charge is 0.133 e. The molecule has 11 heavy (non-hydrogen) atoms. The minimum atomic E-state index is 0.305. The Morgan fingerprint density at radius 2 is 2.09 bits per heavy atom. The average molecular weight is 185 g/mol. The highest BCUT2D eigenvalue weighted by Gasteiger charge is 2.03. The Balaban J connectivity index is 2.96. The molecule has 1 nitrogen and oxygen atoms in total. The molecule has 0 radical (unpaired) electrons. The van der Waals surface area contributed by atoms with Crippen molar-refractivity contribution >= 4 is 33.0 Å². The molecule has 0 fully saturated rings. The zero-order valence-corrected chi connectivity index (χ0v) is 7.12. The first kappa shape index (κ1) is 6.95. The molecule has 0 atom stereocenters. The molecule has 56 valence electrons. The summed E-state index contributed by atoms with van der Waals surface area (Å²) in [4.78, 5) is 0. The Kier molecular flexibility index (Phi) is 1.51. The molecule has 0 aliphatic carbocycles. The SMILES string of the molecule is Oc1ccc(Cl)c2ccsc12. The summed E-state index contributed by atoms with van der Waals surface area (Å²) in [5.74, 6) is 0.305. The monoisotopic (exact) mass is 184 g/mol. The molecule has 0 saturated heterocycles. The number of hydrogen-bond donors (Lipinski definition) is 1. The summed E-state index contributed by atoms with van der Waals surface area (Å²) in [6.45, 7) is 0. The first-order chi connectivity index (χ1) is 5.29. The van der Waals surface area contributed by atoms with Crippen molar-refractivity contribution in [3.05, 3.63) is 28.6 Å². The van der Waals surface area contributed by atoms with Crippen molar-refractivity contribution in [2.24, 2.45) is 0 Å². The van der Waals surface area contributed by atoms with E-state index in [0.717, 1.165) is 10.1 Å². The molecular formula is C8H5ClOS. The Morgan fingerprint density at radius 1 is 1.27 bits per heavy atom. The summed E-state index contributed by atoms with van der Waals surface area (Å²) in [7, 11) is 0. The van der Waals surface area contributed by atoms with Gasteiger partial charge in [0.15, 0.2) is 0 Å². The van der Waals surface area contributed by atoms with Crippen LogP contribution in [0.4, 0.5) is 0 Å². The highest BCUT2D eigenvalue weighted by atomic mass is 35.5. The van der Waals surface area contributed by atoms with Gasteiger partial charge >= 0.3 is 0 Å². The molecule has 1 N–H and O–H groups in total. The minimum Gasteiger partial charge on any atom is -0.506 e. The maximum absolute atomic E-state index is 9.34. The van der Waals surface area contributed by atoms with Crippen molar-refractivity contribution in [3.8, 4) is 5.75 Å². The van der Waals surface area contributed by atoms with Crippen LogP contribution < -0.4 is 0 Å². The van der Waals surface area contributed by atoms with Crippen LogP contribution >= 0.6 is 22.9 Å². The third kappa shape index (κ3) is 0.988. The van der Waals surface area contributed by atoms with Gasteiger partial charge in [0.1, 0.15) is 5.75 Å². The molecule has 0 unspecified atom stereocenters. The lowest BCUT2D eigenvalue weighted by atomic mass is 10.2. The van der Waals surface area contributed by atoms with Gasteiger partial charge in [-0.05, 0) is 23.6 Å². The van der Waals surface area contributed by atoms with Gasteiger partial charge in [0.25, 0.3) is 0 Å². The molecule has 0 amide bonds. The zero-order chi connectivity index (χ0) is 7.84. The molecule has 1 aromatic heterocycles. The number of rotatable bonds is 0. The fourth-order valence-electron chi connectivity index (χ4n) is 1.01. The van der Waals surface area contributed by atoms with E-state index in [-0.39, 0.29) is 0 Å². The van der Waals surface area contributed by atoms with Crippen molar-refractivity contribution < 1.29 is 5.11 Å². The van der Waals surface area contributed by atoms with E-state index in [1.165, 1.54) is 11.3 Å². The summed E-state index contributed by atoms with van der Waals surface area (Å²) >= 11 is 7.36. The quantitative estimate of drug-likeness (QED) is 0.667. The maximum atomic E-state index is 9.34. The van der Waals surface area contributed by atoms with Crippen molar-refractivity contribution in [2.75, 3.05) is 0 Å². The molecule has 0 bridgehead atoms. The lowest BCUT2D eigenvalue weighted by Gasteiger charge is -1.95. The number of halogens is 1. The van der Waals surface area contributed by atoms with Crippen LogP contribution in [0, 0.1) is 0 Å². The van der Waals surface area contributed by atoms with E-state index < -0.39 is 0 Å². The molecule has 0 aliphatic rings. The van der Waals surface area contributed by atoms with Gasteiger partial charge in [-0.2, -0.15) is 0 Å². The number of benzene rings is 1. The molecule has 2 aromatic rings. The summed E-state index contributed by atoms with van der Waals surface area (Å²) < 4.78 is 0.859. The van der Waals surface area contributed by atoms with Gasteiger partial charge in [0, 0.05) is 10.4 Å². The largest absolute Gasteiger partial charge is 0.506 e. The standard InChI is InChI=1S/C8H5ClOS/c9-6-1-2-7(10)8-5(6)3-4-11-8/h1-4,10H. The normalized spacial score (nSPS) is 10.6. The molecule has 0 aliphatic heterocycles. The second-order valence-electron chi connectivity index (χ2n) is 2.23. The topological polar surface area (TPSA) is 20.2 Å². The molecule has 1 aromatic carbocycles. The second-order valence-corrected chi connectivity index (χ2v) is 3.55. The van der Waals surface area contributed by atoms with Gasteiger partial charge in [-0.1, -0.05) is 11.6 Å². The average Bonchev–Trinajstić information content (AvgIpc) is 2.45. The third-order valence-electron chi connectivity index (χ3n) is 1.54. The van der Waals surface area contributed by atoms with Gasteiger partial charge in [-0.25, -0.2) is 0 Å². The van der Waals surface area contributed by atoms with E-state index in [9.17, 15) is 5.11 Å². The summed E-state index contributed by atoms with van der Waals surface area (Å²) in [6.07, 6.45) is 0. The van der Waals surface area contributed by atoms with E-state index in [0.29, 0.717) is 10.8 Å². The van der Waals surface area contributed by atoms with E-state index in [2.05, 4.69) is 0 Å². The minimum absolute atomic E-state index is 0.305. The van der Waals surface area contributed by atoms with Crippen LogP contribution in [0.2, 0.25) is 5.02 Å². The zero-order valence-electron chi connectivity index (χ0n) is 5.54.